The first-order valence-corrected chi connectivity index (χ1v) is 9.06. The largest absolute Gasteiger partial charge is 0.426 e. The zero-order chi connectivity index (χ0) is 20.1. The van der Waals surface area contributed by atoms with Crippen LogP contribution < -0.4 is 15.7 Å². The highest BCUT2D eigenvalue weighted by molar-refractivity contribution is 5.96. The number of ether oxygens (including phenoxy) is 1. The summed E-state index contributed by atoms with van der Waals surface area (Å²) in [4.78, 5) is 36.3. The monoisotopic (exact) mass is 379 g/mol. The van der Waals surface area contributed by atoms with Crippen LogP contribution in [-0.2, 0) is 11.2 Å². The molecule has 2 aromatic carbocycles. The van der Waals surface area contributed by atoms with Crippen molar-refractivity contribution in [1.29, 1.82) is 0 Å². The molecule has 0 fully saturated rings. The van der Waals surface area contributed by atoms with E-state index >= 15 is 0 Å². The van der Waals surface area contributed by atoms with Crippen LogP contribution >= 0.6 is 0 Å². The van der Waals surface area contributed by atoms with Gasteiger partial charge in [0.15, 0.2) is 0 Å². The second kappa shape index (κ2) is 8.52. The first kappa shape index (κ1) is 19.4. The van der Waals surface area contributed by atoms with Crippen molar-refractivity contribution < 1.29 is 18.7 Å². The van der Waals surface area contributed by atoms with Crippen LogP contribution in [-0.4, -0.2) is 17.9 Å². The maximum absolute atomic E-state index is 12.1. The summed E-state index contributed by atoms with van der Waals surface area (Å²) in [7, 11) is 0. The summed E-state index contributed by atoms with van der Waals surface area (Å²) in [5, 5.41) is 3.23. The minimum atomic E-state index is -0.738. The highest BCUT2D eigenvalue weighted by Gasteiger charge is 2.15. The molecule has 0 bridgehead atoms. The highest BCUT2D eigenvalue weighted by atomic mass is 16.5. The maximum Gasteiger partial charge on any atom is 0.349 e. The normalized spacial score (nSPS) is 10.8. The number of hydrogen-bond acceptors (Lipinski definition) is 5. The first-order valence-electron chi connectivity index (χ1n) is 9.06. The van der Waals surface area contributed by atoms with Crippen LogP contribution in [0.3, 0.4) is 0 Å². The van der Waals surface area contributed by atoms with Crippen LogP contribution in [0, 0.1) is 0 Å². The molecule has 6 nitrogen and oxygen atoms in total. The van der Waals surface area contributed by atoms with E-state index in [1.807, 2.05) is 30.3 Å². The van der Waals surface area contributed by atoms with Gasteiger partial charge in [0.1, 0.15) is 16.9 Å². The Morgan fingerprint density at radius 1 is 1.07 bits per heavy atom. The molecular formula is C22H21NO5. The van der Waals surface area contributed by atoms with E-state index in [1.165, 1.54) is 12.1 Å². The van der Waals surface area contributed by atoms with E-state index in [1.54, 1.807) is 26.0 Å². The fourth-order valence-electron chi connectivity index (χ4n) is 2.73. The molecule has 0 atom stereocenters. The Hall–Kier alpha value is -3.41. The molecule has 1 amide bonds. The summed E-state index contributed by atoms with van der Waals surface area (Å²) in [6.07, 6.45) is 0.816. The summed E-state index contributed by atoms with van der Waals surface area (Å²) in [5.41, 5.74) is 0.502. The molecule has 28 heavy (non-hydrogen) atoms. The molecule has 0 saturated carbocycles. The van der Waals surface area contributed by atoms with Gasteiger partial charge in [0.2, 0.25) is 0 Å². The Bertz CT molecular complexity index is 1050. The Balaban J connectivity index is 1.72. The van der Waals surface area contributed by atoms with E-state index in [0.717, 1.165) is 5.56 Å². The molecule has 0 radical (unpaired) electrons. The van der Waals surface area contributed by atoms with E-state index in [9.17, 15) is 14.4 Å². The molecule has 1 N–H and O–H groups in total. The first-order chi connectivity index (χ1) is 13.4. The lowest BCUT2D eigenvalue weighted by Gasteiger charge is -2.08. The molecule has 6 heteroatoms. The van der Waals surface area contributed by atoms with Crippen molar-refractivity contribution in [3.63, 3.8) is 0 Å². The van der Waals surface area contributed by atoms with Crippen LogP contribution in [0.25, 0.3) is 11.0 Å². The third kappa shape index (κ3) is 4.85. The van der Waals surface area contributed by atoms with E-state index in [4.69, 9.17) is 9.15 Å². The van der Waals surface area contributed by atoms with Gasteiger partial charge in [-0.1, -0.05) is 30.3 Å². The Kier molecular flexibility index (Phi) is 5.89. The van der Waals surface area contributed by atoms with Crippen molar-refractivity contribution in [2.45, 2.75) is 32.7 Å². The number of carbonyl (C=O) groups is 2. The lowest BCUT2D eigenvalue weighted by atomic mass is 10.1. The molecule has 0 aliphatic heterocycles. The quantitative estimate of drug-likeness (QED) is 0.403. The summed E-state index contributed by atoms with van der Waals surface area (Å²) in [6.45, 7) is 3.61. The van der Waals surface area contributed by atoms with E-state index in [0.29, 0.717) is 11.8 Å². The van der Waals surface area contributed by atoms with Gasteiger partial charge in [-0.2, -0.15) is 0 Å². The van der Waals surface area contributed by atoms with Gasteiger partial charge in [0, 0.05) is 23.9 Å². The van der Waals surface area contributed by atoms with E-state index in [2.05, 4.69) is 5.32 Å². The minimum absolute atomic E-state index is 0.0613. The molecule has 0 aliphatic rings. The van der Waals surface area contributed by atoms with E-state index in [-0.39, 0.29) is 35.3 Å². The van der Waals surface area contributed by atoms with Crippen molar-refractivity contribution in [3.05, 3.63) is 76.1 Å². The molecular weight excluding hydrogens is 358 g/mol. The van der Waals surface area contributed by atoms with Crippen molar-refractivity contribution in [2.75, 3.05) is 0 Å². The summed E-state index contributed by atoms with van der Waals surface area (Å²) < 4.78 is 10.6. The second-order valence-corrected chi connectivity index (χ2v) is 6.73. The number of carbonyl (C=O) groups excluding carboxylic acids is 2. The third-order valence-corrected chi connectivity index (χ3v) is 4.06. The maximum atomic E-state index is 12.1. The predicted molar refractivity (Wildman–Crippen MR) is 105 cm³/mol. The van der Waals surface area contributed by atoms with Crippen LogP contribution in [0.2, 0.25) is 0 Å². The molecule has 0 saturated heterocycles. The highest BCUT2D eigenvalue weighted by Crippen LogP contribution is 2.21. The van der Waals surface area contributed by atoms with Crippen LogP contribution in [0.4, 0.5) is 0 Å². The van der Waals surface area contributed by atoms with Gasteiger partial charge in [-0.25, -0.2) is 4.79 Å². The number of aryl methyl sites for hydroxylation is 1. The van der Waals surface area contributed by atoms with Gasteiger partial charge < -0.3 is 14.5 Å². The van der Waals surface area contributed by atoms with Crippen molar-refractivity contribution >= 4 is 22.8 Å². The predicted octanol–water partition coefficient (Wildman–Crippen LogP) is 3.47. The summed E-state index contributed by atoms with van der Waals surface area (Å²) in [5.74, 6) is -0.575. The van der Waals surface area contributed by atoms with Crippen molar-refractivity contribution in [1.82, 2.24) is 5.32 Å². The van der Waals surface area contributed by atoms with Gasteiger partial charge >= 0.3 is 11.6 Å². The number of esters is 1. The smallest absolute Gasteiger partial charge is 0.349 e. The zero-order valence-corrected chi connectivity index (χ0v) is 15.7. The second-order valence-electron chi connectivity index (χ2n) is 6.73. The lowest BCUT2D eigenvalue weighted by molar-refractivity contribution is -0.134. The SMILES string of the molecule is CC(C)NC(=O)c1cc2ccc(OC(=O)CCc3ccccc3)cc2oc1=O. The van der Waals surface area contributed by atoms with Gasteiger partial charge in [-0.3, -0.25) is 9.59 Å². The number of amides is 1. The van der Waals surface area contributed by atoms with Crippen molar-refractivity contribution in [2.24, 2.45) is 0 Å². The summed E-state index contributed by atoms with van der Waals surface area (Å²) >= 11 is 0. The lowest BCUT2D eigenvalue weighted by Crippen LogP contribution is -2.33. The summed E-state index contributed by atoms with van der Waals surface area (Å²) in [6, 6.07) is 15.8. The Morgan fingerprint density at radius 3 is 2.54 bits per heavy atom. The average molecular weight is 379 g/mol. The number of fused-ring (bicyclic) bond motifs is 1. The van der Waals surface area contributed by atoms with Gasteiger partial charge in [0.05, 0.1) is 0 Å². The van der Waals surface area contributed by atoms with Crippen molar-refractivity contribution in [3.8, 4) is 5.75 Å². The fourth-order valence-corrected chi connectivity index (χ4v) is 2.73. The van der Waals surface area contributed by atoms with Crippen LogP contribution in [0.1, 0.15) is 36.2 Å². The minimum Gasteiger partial charge on any atom is -0.426 e. The van der Waals surface area contributed by atoms with E-state index < -0.39 is 11.5 Å². The molecule has 3 rings (SSSR count). The molecule has 3 aromatic rings. The fraction of sp³-hybridized carbons (Fsp3) is 0.227. The molecule has 0 unspecified atom stereocenters. The molecule has 1 aromatic heterocycles. The number of hydrogen-bond donors (Lipinski definition) is 1. The third-order valence-electron chi connectivity index (χ3n) is 4.06. The molecule has 144 valence electrons. The zero-order valence-electron chi connectivity index (χ0n) is 15.7. The Labute approximate surface area is 162 Å². The molecule has 0 aliphatic carbocycles. The molecule has 1 heterocycles. The molecule has 0 spiro atoms. The number of benzene rings is 2. The van der Waals surface area contributed by atoms with Gasteiger partial charge in [0.25, 0.3) is 5.91 Å². The standard InChI is InChI=1S/C22H21NO5/c1-14(2)23-21(25)18-12-16-9-10-17(13-19(16)28-22(18)26)27-20(24)11-8-15-6-4-3-5-7-15/h3-7,9-10,12-14H,8,11H2,1-2H3,(H,23,25). The average Bonchev–Trinajstić information content (AvgIpc) is 2.66. The van der Waals surface area contributed by atoms with Gasteiger partial charge in [-0.05, 0) is 44.0 Å². The van der Waals surface area contributed by atoms with Gasteiger partial charge in [-0.15, -0.1) is 0 Å². The Morgan fingerprint density at radius 2 is 1.82 bits per heavy atom. The number of nitrogens with one attached hydrogen (secondary N) is 1. The topological polar surface area (TPSA) is 85.6 Å². The van der Waals surface area contributed by atoms with Crippen LogP contribution in [0.15, 0.2) is 63.8 Å². The van der Waals surface area contributed by atoms with Crippen LogP contribution in [0.5, 0.6) is 5.75 Å². The number of rotatable bonds is 6.